The fourth-order valence-corrected chi connectivity index (χ4v) is 6.30. The van der Waals surface area contributed by atoms with E-state index in [0.717, 1.165) is 4.57 Å². The van der Waals surface area contributed by atoms with E-state index in [1.54, 1.807) is 0 Å². The fraction of sp³-hybridized carbons (Fsp3) is 0.524. The second-order valence-corrected chi connectivity index (χ2v) is 12.5. The molecule has 2 aliphatic heterocycles. The lowest BCUT2D eigenvalue weighted by Gasteiger charge is -2.26. The van der Waals surface area contributed by atoms with Gasteiger partial charge in [0, 0.05) is 24.2 Å². The van der Waals surface area contributed by atoms with Gasteiger partial charge in [0.1, 0.15) is 30.1 Å². The van der Waals surface area contributed by atoms with E-state index < -0.39 is 89.0 Å². The van der Waals surface area contributed by atoms with Crippen molar-refractivity contribution in [1.82, 2.24) is 9.55 Å². The lowest BCUT2D eigenvalue weighted by atomic mass is 10.1. The Morgan fingerprint density at radius 1 is 1.19 bits per heavy atom. The molecule has 2 aromatic heterocycles. The molecule has 2 fully saturated rings. The number of aliphatic hydroxyl groups excluding tert-OH is 3. The van der Waals surface area contributed by atoms with Crippen molar-refractivity contribution in [3.63, 3.8) is 0 Å². The van der Waals surface area contributed by atoms with Gasteiger partial charge < -0.3 is 44.8 Å². The number of aliphatic hydroxyl groups is 3. The van der Waals surface area contributed by atoms with Gasteiger partial charge in [0.2, 0.25) is 0 Å². The first-order valence-corrected chi connectivity index (χ1v) is 15.1. The number of aromatic amines is 1. The molecule has 4 heterocycles. The largest absolute Gasteiger partial charge is 0.756 e. The summed E-state index contributed by atoms with van der Waals surface area (Å²) in [4.78, 5) is 59.2. The summed E-state index contributed by atoms with van der Waals surface area (Å²) in [5, 5.41) is 30.9. The smallest absolute Gasteiger partial charge is 0.478 e. The maximum absolute atomic E-state index is 12.3. The third-order valence-corrected chi connectivity index (χ3v) is 8.97. The summed E-state index contributed by atoms with van der Waals surface area (Å²) in [6.07, 6.45) is -6.01. The molecule has 0 spiro atoms. The molecule has 0 radical (unpaired) electrons. The average Bonchev–Trinajstić information content (AvgIpc) is 3.41. The van der Waals surface area contributed by atoms with Gasteiger partial charge in [-0.25, -0.2) is 13.7 Å². The first kappa shape index (κ1) is 32.3. The van der Waals surface area contributed by atoms with Crippen LogP contribution in [0.15, 0.2) is 40.3 Å². The van der Waals surface area contributed by atoms with E-state index in [0.29, 0.717) is 0 Å². The Bertz CT molecular complexity index is 1530. The standard InChI is InChI=1S/C21H28N4O15P2/c1-10-6-25(21(31)23-19(10)30)15-5-12(26)13(38-15)8-36-41(32,33)40-42(34,35)37-9-14-16(27)17(28)20(39-14)24-4-2-3-11(7-24)18(22)29/h2-4,6-7,12-17,20,26-28H,5,8-9H2,1H3,(H4-,22,23,29,30,31,32,33,34,35)/t12-,13+,14+,15+,16+,17+,20+/m0/s1. The third kappa shape index (κ3) is 7.46. The Kier molecular flexibility index (Phi) is 9.63. The van der Waals surface area contributed by atoms with Crippen molar-refractivity contribution >= 4 is 21.6 Å². The number of ether oxygens (including phenoxy) is 2. The number of carbonyl (C=O) groups excluding carboxylic acids is 1. The average molecular weight is 638 g/mol. The summed E-state index contributed by atoms with van der Waals surface area (Å²) >= 11 is 0. The van der Waals surface area contributed by atoms with Crippen LogP contribution in [0.4, 0.5) is 0 Å². The minimum absolute atomic E-state index is 0.0633. The quantitative estimate of drug-likeness (QED) is 0.104. The van der Waals surface area contributed by atoms with Crippen molar-refractivity contribution < 1.29 is 66.4 Å². The maximum Gasteiger partial charge on any atom is 0.478 e. The molecule has 1 amide bonds. The second-order valence-electron chi connectivity index (χ2n) is 9.45. The van der Waals surface area contributed by atoms with Crippen molar-refractivity contribution in [3.05, 3.63) is 62.7 Å². The predicted octanol–water partition coefficient (Wildman–Crippen LogP) is -3.18. The van der Waals surface area contributed by atoms with Crippen LogP contribution in [-0.2, 0) is 32.0 Å². The first-order valence-electron chi connectivity index (χ1n) is 12.2. The number of amides is 1. The molecule has 0 bridgehead atoms. The molecule has 19 nitrogen and oxygen atoms in total. The number of hydrogen-bond donors (Lipinski definition) is 6. The Balaban J connectivity index is 1.31. The van der Waals surface area contributed by atoms with Gasteiger partial charge in [0.05, 0.1) is 19.3 Å². The lowest BCUT2D eigenvalue weighted by Crippen LogP contribution is -2.46. The SMILES string of the molecule is Cc1cn([C@H]2C[C@H](O)[C@@H](COP(=O)([O-])OP(=O)(O)OC[C@H]3O[C@@H]([n+]4cccc(C(N)=O)c4)[C@H](O)[C@@H]3O)O2)c(=O)[nH]c1=O. The molecule has 232 valence electrons. The highest BCUT2D eigenvalue weighted by Gasteiger charge is 2.49. The number of nitrogens with two attached hydrogens (primary N) is 1. The number of carbonyl (C=O) groups is 1. The van der Waals surface area contributed by atoms with Crippen LogP contribution in [0.3, 0.4) is 0 Å². The van der Waals surface area contributed by atoms with E-state index in [1.165, 1.54) is 42.2 Å². The van der Waals surface area contributed by atoms with E-state index in [9.17, 15) is 48.6 Å². The number of phosphoric ester groups is 2. The number of aromatic nitrogens is 3. The van der Waals surface area contributed by atoms with Crippen LogP contribution < -0.4 is 26.4 Å². The van der Waals surface area contributed by atoms with E-state index in [1.807, 2.05) is 0 Å². The van der Waals surface area contributed by atoms with Crippen molar-refractivity contribution in [3.8, 4) is 0 Å². The zero-order valence-electron chi connectivity index (χ0n) is 21.7. The second kappa shape index (κ2) is 12.5. The van der Waals surface area contributed by atoms with Gasteiger partial charge in [-0.3, -0.25) is 28.2 Å². The molecule has 0 aliphatic carbocycles. The minimum atomic E-state index is -5.57. The lowest BCUT2D eigenvalue weighted by molar-refractivity contribution is -0.765. The topological polar surface area (TPSA) is 286 Å². The molecule has 2 unspecified atom stereocenters. The number of pyridine rings is 1. The highest BCUT2D eigenvalue weighted by atomic mass is 31.3. The Labute approximate surface area is 235 Å². The van der Waals surface area contributed by atoms with Gasteiger partial charge in [-0.1, -0.05) is 0 Å². The van der Waals surface area contributed by atoms with Crippen LogP contribution in [0, 0.1) is 6.92 Å². The summed E-state index contributed by atoms with van der Waals surface area (Å²) in [5.74, 6) is -0.770. The van der Waals surface area contributed by atoms with E-state index >= 15 is 0 Å². The summed E-state index contributed by atoms with van der Waals surface area (Å²) in [7, 11) is -11.0. The number of hydrogen-bond acceptors (Lipinski definition) is 14. The number of primary amides is 1. The number of aryl methyl sites for hydroxylation is 1. The molecule has 7 N–H and O–H groups in total. The first-order chi connectivity index (χ1) is 19.6. The number of nitrogens with zero attached hydrogens (tertiary/aromatic N) is 2. The predicted molar refractivity (Wildman–Crippen MR) is 132 cm³/mol. The number of phosphoric acid groups is 2. The molecule has 21 heteroatoms. The van der Waals surface area contributed by atoms with Crippen molar-refractivity contribution in [1.29, 1.82) is 0 Å². The third-order valence-electron chi connectivity index (χ3n) is 6.40. The Morgan fingerprint density at radius 3 is 2.57 bits per heavy atom. The monoisotopic (exact) mass is 638 g/mol. The molecule has 2 saturated heterocycles. The minimum Gasteiger partial charge on any atom is -0.756 e. The normalized spacial score (nSPS) is 30.6. The van der Waals surface area contributed by atoms with E-state index in [-0.39, 0.29) is 17.5 Å². The molecule has 0 saturated carbocycles. The van der Waals surface area contributed by atoms with Crippen LogP contribution >= 0.6 is 15.6 Å². The summed E-state index contributed by atoms with van der Waals surface area (Å²) in [6, 6.07) is 2.82. The van der Waals surface area contributed by atoms with Gasteiger partial charge in [-0.15, -0.1) is 0 Å². The van der Waals surface area contributed by atoms with E-state index in [2.05, 4.69) is 18.3 Å². The number of H-pyrrole nitrogens is 1. The molecule has 42 heavy (non-hydrogen) atoms. The fourth-order valence-electron chi connectivity index (χ4n) is 4.25. The van der Waals surface area contributed by atoms with Gasteiger partial charge in [0.25, 0.3) is 25.5 Å². The summed E-state index contributed by atoms with van der Waals surface area (Å²) in [6.45, 7) is -0.363. The highest BCUT2D eigenvalue weighted by molar-refractivity contribution is 7.60. The summed E-state index contributed by atoms with van der Waals surface area (Å²) in [5.41, 5.74) is 4.03. The highest BCUT2D eigenvalue weighted by Crippen LogP contribution is 2.58. The zero-order valence-corrected chi connectivity index (χ0v) is 23.5. The van der Waals surface area contributed by atoms with Crippen LogP contribution in [0.25, 0.3) is 0 Å². The molecular weight excluding hydrogens is 610 g/mol. The van der Waals surface area contributed by atoms with Gasteiger partial charge >= 0.3 is 13.5 Å². The molecule has 0 aromatic carbocycles. The molecule has 4 rings (SSSR count). The number of rotatable bonds is 11. The van der Waals surface area contributed by atoms with Crippen LogP contribution in [-0.4, -0.2) is 79.4 Å². The van der Waals surface area contributed by atoms with Gasteiger partial charge in [-0.05, 0) is 13.0 Å². The van der Waals surface area contributed by atoms with Crippen molar-refractivity contribution in [2.24, 2.45) is 5.73 Å². The Morgan fingerprint density at radius 2 is 1.88 bits per heavy atom. The molecule has 2 aliphatic rings. The van der Waals surface area contributed by atoms with Crippen molar-refractivity contribution in [2.45, 2.75) is 56.3 Å². The van der Waals surface area contributed by atoms with Crippen LogP contribution in [0.2, 0.25) is 0 Å². The Hall–Kier alpha value is -2.64. The maximum atomic E-state index is 12.3. The summed E-state index contributed by atoms with van der Waals surface area (Å²) < 4.78 is 51.0. The molecule has 9 atom stereocenters. The van der Waals surface area contributed by atoms with Crippen molar-refractivity contribution in [2.75, 3.05) is 13.2 Å². The molecule has 2 aromatic rings. The number of nitrogens with one attached hydrogen (secondary N) is 1. The zero-order chi connectivity index (χ0) is 31.0. The van der Waals surface area contributed by atoms with Gasteiger partial charge in [-0.2, -0.15) is 4.57 Å². The van der Waals surface area contributed by atoms with Crippen LogP contribution in [0.1, 0.15) is 34.8 Å². The van der Waals surface area contributed by atoms with Gasteiger partial charge in [0.15, 0.2) is 18.5 Å². The van der Waals surface area contributed by atoms with E-state index in [4.69, 9.17) is 15.2 Å². The molecular formula is C21H28N4O15P2. The van der Waals surface area contributed by atoms with Crippen LogP contribution in [0.5, 0.6) is 0 Å².